The molecule has 8 unspecified atom stereocenters. The molecule has 6 fully saturated rings. The van der Waals surface area contributed by atoms with Crippen molar-refractivity contribution in [3.05, 3.63) is 0 Å². The molecule has 4 amide bonds. The molecule has 0 aliphatic carbocycles. The number of unbranched alkanes of at least 4 members (excludes halogenated alkanes) is 5. The summed E-state index contributed by atoms with van der Waals surface area (Å²) in [7, 11) is 0. The Kier molecular flexibility index (Phi) is 7.72. The van der Waals surface area contributed by atoms with E-state index in [0.717, 1.165) is 64.2 Å². The van der Waals surface area contributed by atoms with Crippen LogP contribution in [-0.4, -0.2) is 83.0 Å². The average Bonchev–Trinajstić information content (AvgIpc) is 3.76. The predicted molar refractivity (Wildman–Crippen MR) is 138 cm³/mol. The van der Waals surface area contributed by atoms with Crippen LogP contribution in [0.4, 0.5) is 0 Å². The lowest BCUT2D eigenvalue weighted by Gasteiger charge is -2.29. The lowest BCUT2D eigenvalue weighted by Crippen LogP contribution is -2.47. The van der Waals surface area contributed by atoms with Gasteiger partial charge in [0.2, 0.25) is 23.6 Å². The van der Waals surface area contributed by atoms with Gasteiger partial charge in [0, 0.05) is 26.2 Å². The normalized spacial score (nSPS) is 40.3. The number of hydrogen-bond donors (Lipinski definition) is 2. The molecule has 0 saturated carbocycles. The number of amides is 4. The summed E-state index contributed by atoms with van der Waals surface area (Å²) >= 11 is 0. The number of likely N-dealkylation sites (tertiary alicyclic amines) is 2. The van der Waals surface area contributed by atoms with E-state index in [-0.39, 0.29) is 60.8 Å². The molecule has 6 heterocycles. The van der Waals surface area contributed by atoms with Gasteiger partial charge in [-0.1, -0.05) is 39.5 Å². The largest absolute Gasteiger partial charge is 0.369 e. The number of carbonyl (C=O) groups excluding carboxylic acids is 4. The topological polar surface area (TPSA) is 145 Å². The summed E-state index contributed by atoms with van der Waals surface area (Å²) in [5, 5.41) is 0. The third kappa shape index (κ3) is 3.97. The Morgan fingerprint density at radius 2 is 1.03 bits per heavy atom. The second-order valence-corrected chi connectivity index (χ2v) is 11.7. The van der Waals surface area contributed by atoms with Crippen molar-refractivity contribution in [2.45, 2.75) is 101 Å². The fourth-order valence-electron chi connectivity index (χ4n) is 8.17. The third-order valence-corrected chi connectivity index (χ3v) is 10.0. The first kappa shape index (κ1) is 27.7. The fraction of sp³-hybridized carbons (Fsp3) is 0.857. The molecular weight excluding hydrogens is 488 g/mol. The molecule has 0 aromatic rings. The summed E-state index contributed by atoms with van der Waals surface area (Å²) in [5.74, 6) is -1.83. The molecule has 6 saturated heterocycles. The third-order valence-electron chi connectivity index (χ3n) is 10.0. The molecule has 0 aromatic carbocycles. The zero-order chi connectivity index (χ0) is 27.2. The van der Waals surface area contributed by atoms with Crippen LogP contribution >= 0.6 is 0 Å². The van der Waals surface area contributed by atoms with Gasteiger partial charge in [0.1, 0.15) is 0 Å². The number of fused-ring (bicyclic) bond motifs is 10. The minimum atomic E-state index is -0.634. The predicted octanol–water partition coefficient (Wildman–Crippen LogP) is 1.34. The van der Waals surface area contributed by atoms with Crippen molar-refractivity contribution in [2.24, 2.45) is 35.1 Å². The highest BCUT2D eigenvalue weighted by Gasteiger charge is 2.69. The van der Waals surface area contributed by atoms with Gasteiger partial charge < -0.3 is 20.9 Å². The highest BCUT2D eigenvalue weighted by atomic mass is 16.5. The molecular formula is C28H44N4O6. The van der Waals surface area contributed by atoms with Crippen LogP contribution in [0, 0.1) is 23.7 Å². The van der Waals surface area contributed by atoms with Gasteiger partial charge in [0.15, 0.2) is 0 Å². The summed E-state index contributed by atoms with van der Waals surface area (Å²) in [6.45, 7) is 5.50. The van der Waals surface area contributed by atoms with Crippen LogP contribution in [0.1, 0.15) is 78.1 Å². The Balaban J connectivity index is 0.00000144. The van der Waals surface area contributed by atoms with Crippen LogP contribution in [-0.2, 0) is 28.7 Å². The second kappa shape index (κ2) is 10.6. The number of nitrogens with zero attached hydrogens (tertiary/aromatic N) is 2. The molecule has 8 atom stereocenters. The lowest BCUT2D eigenvalue weighted by molar-refractivity contribution is -0.146. The van der Waals surface area contributed by atoms with Crippen molar-refractivity contribution in [1.29, 1.82) is 0 Å². The Hall–Kier alpha value is -1.88. The minimum absolute atomic E-state index is 0.0787. The maximum atomic E-state index is 13.0. The SMILES string of the molecule is CC.NCC12CCC(O1)C1C(=O)N(CCCCCCCCN3C(=O)C4C5CCC(CN)(O5)C4C3=O)C(=O)C12. The fourth-order valence-corrected chi connectivity index (χ4v) is 8.17. The molecule has 4 bridgehead atoms. The van der Waals surface area contributed by atoms with Crippen molar-refractivity contribution < 1.29 is 28.7 Å². The van der Waals surface area contributed by atoms with E-state index < -0.39 is 23.0 Å². The standard InChI is InChI=1S/C26H38N4O6.C2H6/c27-13-25-9-7-15(35-25)17-19(25)23(33)29(21(17)31)11-5-3-1-2-4-6-12-30-22(32)18-16-8-10-26(14-28,36-16)20(18)24(30)34;1-2/h15-20H,1-14,27-28H2;1-2H3. The van der Waals surface area contributed by atoms with Gasteiger partial charge in [0.05, 0.1) is 47.1 Å². The first-order chi connectivity index (χ1) is 18.4. The smallest absolute Gasteiger partial charge is 0.236 e. The zero-order valence-corrected chi connectivity index (χ0v) is 22.9. The van der Waals surface area contributed by atoms with E-state index in [2.05, 4.69) is 0 Å². The number of hydrogen-bond acceptors (Lipinski definition) is 8. The van der Waals surface area contributed by atoms with E-state index in [4.69, 9.17) is 20.9 Å². The first-order valence-electron chi connectivity index (χ1n) is 14.8. The Bertz CT molecular complexity index is 899. The highest BCUT2D eigenvalue weighted by molar-refractivity contribution is 6.07. The Morgan fingerprint density at radius 1 is 0.658 bits per heavy atom. The van der Waals surface area contributed by atoms with E-state index in [1.165, 1.54) is 9.80 Å². The molecule has 0 radical (unpaired) electrons. The number of carbonyl (C=O) groups is 4. The van der Waals surface area contributed by atoms with Crippen LogP contribution in [0.2, 0.25) is 0 Å². The van der Waals surface area contributed by atoms with Crippen molar-refractivity contribution in [3.8, 4) is 0 Å². The summed E-state index contributed by atoms with van der Waals surface area (Å²) in [4.78, 5) is 54.7. The number of ether oxygens (including phenoxy) is 2. The van der Waals surface area contributed by atoms with E-state index in [1.807, 2.05) is 13.8 Å². The van der Waals surface area contributed by atoms with Crippen LogP contribution < -0.4 is 11.5 Å². The number of nitrogens with two attached hydrogens (primary N) is 2. The van der Waals surface area contributed by atoms with Crippen LogP contribution in [0.3, 0.4) is 0 Å². The van der Waals surface area contributed by atoms with Crippen LogP contribution in [0.5, 0.6) is 0 Å². The molecule has 6 aliphatic rings. The summed E-state index contributed by atoms with van der Waals surface area (Å²) < 4.78 is 12.0. The van der Waals surface area contributed by atoms with Gasteiger partial charge in [-0.2, -0.15) is 0 Å². The van der Waals surface area contributed by atoms with Gasteiger partial charge in [-0.05, 0) is 38.5 Å². The maximum Gasteiger partial charge on any atom is 0.236 e. The number of imide groups is 2. The molecule has 38 heavy (non-hydrogen) atoms. The molecule has 10 nitrogen and oxygen atoms in total. The average molecular weight is 533 g/mol. The molecule has 0 spiro atoms. The van der Waals surface area contributed by atoms with Gasteiger partial charge >= 0.3 is 0 Å². The van der Waals surface area contributed by atoms with Crippen molar-refractivity contribution in [1.82, 2.24) is 9.80 Å². The molecule has 6 aliphatic heterocycles. The van der Waals surface area contributed by atoms with Gasteiger partial charge in [-0.15, -0.1) is 0 Å². The van der Waals surface area contributed by atoms with Crippen LogP contribution in [0.25, 0.3) is 0 Å². The lowest BCUT2D eigenvalue weighted by atomic mass is 9.73. The Morgan fingerprint density at radius 3 is 1.39 bits per heavy atom. The molecule has 10 heteroatoms. The molecule has 4 N–H and O–H groups in total. The first-order valence-corrected chi connectivity index (χ1v) is 14.8. The molecule has 0 aromatic heterocycles. The van der Waals surface area contributed by atoms with E-state index in [9.17, 15) is 19.2 Å². The molecule has 6 rings (SSSR count). The minimum Gasteiger partial charge on any atom is -0.369 e. The van der Waals surface area contributed by atoms with Gasteiger partial charge in [-0.25, -0.2) is 0 Å². The molecule has 212 valence electrons. The quantitative estimate of drug-likeness (QED) is 0.299. The van der Waals surface area contributed by atoms with Crippen molar-refractivity contribution in [2.75, 3.05) is 26.2 Å². The Labute approximate surface area is 225 Å². The van der Waals surface area contributed by atoms with Crippen molar-refractivity contribution >= 4 is 23.6 Å². The monoisotopic (exact) mass is 532 g/mol. The van der Waals surface area contributed by atoms with E-state index >= 15 is 0 Å². The van der Waals surface area contributed by atoms with Gasteiger partial charge in [0.25, 0.3) is 0 Å². The van der Waals surface area contributed by atoms with Crippen LogP contribution in [0.15, 0.2) is 0 Å². The van der Waals surface area contributed by atoms with Gasteiger partial charge in [-0.3, -0.25) is 29.0 Å². The highest BCUT2D eigenvalue weighted by Crippen LogP contribution is 2.55. The summed E-state index contributed by atoms with van der Waals surface area (Å²) in [6.07, 6.45) is 8.24. The second-order valence-electron chi connectivity index (χ2n) is 11.7. The number of rotatable bonds is 11. The van der Waals surface area contributed by atoms with Crippen molar-refractivity contribution in [3.63, 3.8) is 0 Å². The zero-order valence-electron chi connectivity index (χ0n) is 22.9. The van der Waals surface area contributed by atoms with E-state index in [0.29, 0.717) is 13.1 Å². The summed E-state index contributed by atoms with van der Waals surface area (Å²) in [6, 6.07) is 0. The summed E-state index contributed by atoms with van der Waals surface area (Å²) in [5.41, 5.74) is 10.6. The van der Waals surface area contributed by atoms with E-state index in [1.54, 1.807) is 0 Å². The maximum absolute atomic E-state index is 13.0.